The van der Waals surface area contributed by atoms with E-state index in [0.29, 0.717) is 5.56 Å². The minimum Gasteiger partial charge on any atom is -0.493 e. The maximum absolute atomic E-state index is 8.94. The lowest BCUT2D eigenvalue weighted by molar-refractivity contribution is 0.300. The van der Waals surface area contributed by atoms with Gasteiger partial charge in [-0.15, -0.1) is 12.3 Å². The van der Waals surface area contributed by atoms with Crippen molar-refractivity contribution >= 4 is 0 Å². The van der Waals surface area contributed by atoms with Gasteiger partial charge in [0, 0.05) is 6.42 Å². The summed E-state index contributed by atoms with van der Waals surface area (Å²) in [5.74, 6) is 3.62. The van der Waals surface area contributed by atoms with Crippen LogP contribution in [-0.4, -0.2) is 6.61 Å². The predicted octanol–water partition coefficient (Wildman–Crippen LogP) is 5.31. The van der Waals surface area contributed by atoms with Crippen LogP contribution in [0.25, 0.3) is 0 Å². The van der Waals surface area contributed by atoms with Crippen molar-refractivity contribution in [2.24, 2.45) is 0 Å². The third kappa shape index (κ3) is 6.68. The van der Waals surface area contributed by atoms with E-state index in [0.717, 1.165) is 42.7 Å². The Kier molecular flexibility index (Phi) is 8.85. The SMILES string of the molecule is C#CCCCCCCCCCOc1c(C)cc(C#N)cc1C. The fourth-order valence-corrected chi connectivity index (χ4v) is 2.63. The van der Waals surface area contributed by atoms with E-state index in [1.807, 2.05) is 26.0 Å². The quantitative estimate of drug-likeness (QED) is 0.433. The first-order valence-electron chi connectivity index (χ1n) is 8.26. The number of nitrogens with zero attached hydrogens (tertiary/aromatic N) is 1. The molecule has 0 bridgehead atoms. The molecule has 118 valence electrons. The van der Waals surface area contributed by atoms with Gasteiger partial charge in [0.2, 0.25) is 0 Å². The Morgan fingerprint density at radius 3 is 2.05 bits per heavy atom. The second-order valence-electron chi connectivity index (χ2n) is 5.83. The Balaban J connectivity index is 2.16. The largest absolute Gasteiger partial charge is 0.493 e. The van der Waals surface area contributed by atoms with Crippen molar-refractivity contribution in [3.63, 3.8) is 0 Å². The van der Waals surface area contributed by atoms with E-state index in [-0.39, 0.29) is 0 Å². The highest BCUT2D eigenvalue weighted by Crippen LogP contribution is 2.24. The summed E-state index contributed by atoms with van der Waals surface area (Å²) in [5.41, 5.74) is 2.79. The van der Waals surface area contributed by atoms with Gasteiger partial charge < -0.3 is 4.74 Å². The molecule has 1 rings (SSSR count). The summed E-state index contributed by atoms with van der Waals surface area (Å²) in [6.45, 7) is 4.75. The predicted molar refractivity (Wildman–Crippen MR) is 91.9 cm³/mol. The molecule has 0 aromatic heterocycles. The third-order valence-corrected chi connectivity index (χ3v) is 3.80. The van der Waals surface area contributed by atoms with E-state index < -0.39 is 0 Å². The molecule has 0 aliphatic heterocycles. The van der Waals surface area contributed by atoms with Gasteiger partial charge in [-0.05, 0) is 49.9 Å². The Bertz CT molecular complexity index is 511. The normalized spacial score (nSPS) is 10.0. The molecule has 2 nitrogen and oxygen atoms in total. The van der Waals surface area contributed by atoms with Gasteiger partial charge in [0.1, 0.15) is 5.75 Å². The Morgan fingerprint density at radius 1 is 0.955 bits per heavy atom. The number of ether oxygens (including phenoxy) is 1. The average Bonchev–Trinajstić information content (AvgIpc) is 2.51. The van der Waals surface area contributed by atoms with Gasteiger partial charge in [-0.3, -0.25) is 0 Å². The topological polar surface area (TPSA) is 33.0 Å². The summed E-state index contributed by atoms with van der Waals surface area (Å²) in [5, 5.41) is 8.94. The van der Waals surface area contributed by atoms with Gasteiger partial charge in [-0.2, -0.15) is 5.26 Å². The fourth-order valence-electron chi connectivity index (χ4n) is 2.63. The summed E-state index contributed by atoms with van der Waals surface area (Å²) < 4.78 is 5.90. The summed E-state index contributed by atoms with van der Waals surface area (Å²) in [4.78, 5) is 0. The molecule has 0 unspecified atom stereocenters. The van der Waals surface area contributed by atoms with E-state index in [2.05, 4.69) is 12.0 Å². The molecule has 0 aliphatic carbocycles. The Hall–Kier alpha value is -1.93. The molecule has 0 heterocycles. The molecule has 0 atom stereocenters. The Morgan fingerprint density at radius 2 is 1.50 bits per heavy atom. The van der Waals surface area contributed by atoms with Crippen molar-refractivity contribution in [2.45, 2.75) is 65.2 Å². The van der Waals surface area contributed by atoms with Crippen molar-refractivity contribution < 1.29 is 4.74 Å². The lowest BCUT2D eigenvalue weighted by Crippen LogP contribution is -2.01. The first-order valence-corrected chi connectivity index (χ1v) is 8.26. The lowest BCUT2D eigenvalue weighted by atomic mass is 10.1. The number of terminal acetylenes is 1. The zero-order chi connectivity index (χ0) is 16.2. The molecule has 0 spiro atoms. The van der Waals surface area contributed by atoms with Crippen molar-refractivity contribution in [2.75, 3.05) is 6.61 Å². The monoisotopic (exact) mass is 297 g/mol. The van der Waals surface area contributed by atoms with Gasteiger partial charge in [-0.25, -0.2) is 0 Å². The number of rotatable bonds is 10. The van der Waals surface area contributed by atoms with E-state index in [1.54, 1.807) is 0 Å². The smallest absolute Gasteiger partial charge is 0.125 e. The highest BCUT2D eigenvalue weighted by Gasteiger charge is 2.06. The standard InChI is InChI=1S/C20H27NO/c1-4-5-6-7-8-9-10-11-12-13-22-20-17(2)14-19(16-21)15-18(20)3/h1,14-15H,5-13H2,2-3H3. The fraction of sp³-hybridized carbons (Fsp3) is 0.550. The summed E-state index contributed by atoms with van der Waals surface area (Å²) in [6, 6.07) is 5.95. The van der Waals surface area contributed by atoms with Gasteiger partial charge in [0.05, 0.1) is 18.2 Å². The van der Waals surface area contributed by atoms with Crippen molar-refractivity contribution in [1.82, 2.24) is 0 Å². The molecular formula is C20H27NO. The molecule has 0 radical (unpaired) electrons. The molecular weight excluding hydrogens is 270 g/mol. The first kappa shape index (κ1) is 18.1. The van der Waals surface area contributed by atoms with Crippen LogP contribution in [0.15, 0.2) is 12.1 Å². The van der Waals surface area contributed by atoms with Crippen LogP contribution in [0.3, 0.4) is 0 Å². The molecule has 0 N–H and O–H groups in total. The zero-order valence-electron chi connectivity index (χ0n) is 14.0. The maximum Gasteiger partial charge on any atom is 0.125 e. The highest BCUT2D eigenvalue weighted by molar-refractivity contribution is 5.47. The molecule has 0 aliphatic rings. The van der Waals surface area contributed by atoms with Crippen molar-refractivity contribution in [3.8, 4) is 24.2 Å². The minimum atomic E-state index is 0.701. The van der Waals surface area contributed by atoms with Crippen LogP contribution < -0.4 is 4.74 Å². The number of aryl methyl sites for hydroxylation is 2. The van der Waals surface area contributed by atoms with E-state index >= 15 is 0 Å². The summed E-state index contributed by atoms with van der Waals surface area (Å²) in [7, 11) is 0. The highest BCUT2D eigenvalue weighted by atomic mass is 16.5. The molecule has 0 saturated heterocycles. The molecule has 2 heteroatoms. The van der Waals surface area contributed by atoms with Gasteiger partial charge in [-0.1, -0.05) is 32.1 Å². The number of hydrogen-bond donors (Lipinski definition) is 0. The van der Waals surface area contributed by atoms with Crippen molar-refractivity contribution in [1.29, 1.82) is 5.26 Å². The third-order valence-electron chi connectivity index (χ3n) is 3.80. The van der Waals surface area contributed by atoms with Crippen LogP contribution in [0.5, 0.6) is 5.75 Å². The second-order valence-corrected chi connectivity index (χ2v) is 5.83. The number of benzene rings is 1. The second kappa shape index (κ2) is 10.7. The van der Waals surface area contributed by atoms with Crippen LogP contribution in [-0.2, 0) is 0 Å². The molecule has 0 amide bonds. The molecule has 1 aromatic rings. The first-order chi connectivity index (χ1) is 10.7. The number of hydrogen-bond acceptors (Lipinski definition) is 2. The van der Waals surface area contributed by atoms with Crippen LogP contribution in [0.2, 0.25) is 0 Å². The molecule has 1 aromatic carbocycles. The van der Waals surface area contributed by atoms with E-state index in [1.165, 1.54) is 32.1 Å². The van der Waals surface area contributed by atoms with Gasteiger partial charge in [0.15, 0.2) is 0 Å². The van der Waals surface area contributed by atoms with Crippen molar-refractivity contribution in [3.05, 3.63) is 28.8 Å². The summed E-state index contributed by atoms with van der Waals surface area (Å²) in [6.07, 6.45) is 14.7. The van der Waals surface area contributed by atoms with Crippen LogP contribution in [0.4, 0.5) is 0 Å². The minimum absolute atomic E-state index is 0.701. The zero-order valence-corrected chi connectivity index (χ0v) is 14.0. The summed E-state index contributed by atoms with van der Waals surface area (Å²) >= 11 is 0. The van der Waals surface area contributed by atoms with E-state index in [4.69, 9.17) is 16.4 Å². The maximum atomic E-state index is 8.94. The van der Waals surface area contributed by atoms with Gasteiger partial charge in [0.25, 0.3) is 0 Å². The van der Waals surface area contributed by atoms with Gasteiger partial charge >= 0.3 is 0 Å². The van der Waals surface area contributed by atoms with Crippen LogP contribution >= 0.6 is 0 Å². The van der Waals surface area contributed by atoms with Crippen LogP contribution in [0, 0.1) is 37.5 Å². The molecule has 0 fully saturated rings. The Labute approximate surface area is 135 Å². The molecule has 22 heavy (non-hydrogen) atoms. The number of unbranched alkanes of at least 4 members (excludes halogenated alkanes) is 7. The number of nitriles is 1. The van der Waals surface area contributed by atoms with Crippen LogP contribution in [0.1, 0.15) is 68.1 Å². The molecule has 0 saturated carbocycles. The average molecular weight is 297 g/mol. The van der Waals surface area contributed by atoms with E-state index in [9.17, 15) is 0 Å². The lowest BCUT2D eigenvalue weighted by Gasteiger charge is -2.12.